The summed E-state index contributed by atoms with van der Waals surface area (Å²) in [4.78, 5) is 20.8. The Morgan fingerprint density at radius 3 is 2.65 bits per heavy atom. The number of hydrogen-bond donors (Lipinski definition) is 1. The lowest BCUT2D eigenvalue weighted by Crippen LogP contribution is -2.16. The summed E-state index contributed by atoms with van der Waals surface area (Å²) >= 11 is 3.23. The molecule has 3 aromatic heterocycles. The number of aromatic nitrogens is 4. The molecule has 0 spiro atoms. The van der Waals surface area contributed by atoms with Crippen LogP contribution in [0.5, 0.6) is 0 Å². The van der Waals surface area contributed by atoms with Crippen molar-refractivity contribution < 1.29 is 18.0 Å². The lowest BCUT2D eigenvalue weighted by Gasteiger charge is -2.11. The van der Waals surface area contributed by atoms with Crippen molar-refractivity contribution in [2.75, 3.05) is 5.32 Å². The van der Waals surface area contributed by atoms with Crippen molar-refractivity contribution in [1.82, 2.24) is 19.6 Å². The van der Waals surface area contributed by atoms with Crippen LogP contribution < -0.4 is 5.32 Å². The van der Waals surface area contributed by atoms with Crippen LogP contribution in [0.15, 0.2) is 35.1 Å². The second-order valence-corrected chi connectivity index (χ2v) is 6.86. The summed E-state index contributed by atoms with van der Waals surface area (Å²) in [6.07, 6.45) is -0.435. The smallest absolute Gasteiger partial charge is 0.306 e. The number of alkyl halides is 3. The molecule has 0 atom stereocenters. The molecule has 10 heteroatoms. The van der Waals surface area contributed by atoms with Crippen molar-refractivity contribution in [2.45, 2.75) is 24.9 Å². The Morgan fingerprint density at radius 2 is 2.04 bits per heavy atom. The number of pyridine rings is 1. The molecule has 1 amide bonds. The van der Waals surface area contributed by atoms with Crippen LogP contribution in [-0.2, 0) is 6.18 Å². The summed E-state index contributed by atoms with van der Waals surface area (Å²) in [7, 11) is 0. The summed E-state index contributed by atoms with van der Waals surface area (Å²) in [6.45, 7) is 0. The van der Waals surface area contributed by atoms with Crippen molar-refractivity contribution in [3.8, 4) is 0 Å². The predicted octanol–water partition coefficient (Wildman–Crippen LogP) is 4.04. The Balaban J connectivity index is 1.76. The van der Waals surface area contributed by atoms with Crippen LogP contribution in [0.3, 0.4) is 0 Å². The number of carbonyl (C=O) groups is 1. The highest BCUT2D eigenvalue weighted by Gasteiger charge is 2.37. The Bertz CT molecular complexity index is 996. The van der Waals surface area contributed by atoms with E-state index in [4.69, 9.17) is 0 Å². The van der Waals surface area contributed by atoms with Gasteiger partial charge in [0.05, 0.1) is 6.20 Å². The number of rotatable bonds is 3. The summed E-state index contributed by atoms with van der Waals surface area (Å²) in [6, 6.07) is 4.26. The largest absolute Gasteiger partial charge is 0.433 e. The van der Waals surface area contributed by atoms with Crippen molar-refractivity contribution in [1.29, 1.82) is 0 Å². The monoisotopic (exact) mass is 425 g/mol. The fourth-order valence-corrected chi connectivity index (χ4v) is 2.80. The topological polar surface area (TPSA) is 72.2 Å². The number of amides is 1. The number of hydrogen-bond acceptors (Lipinski definition) is 4. The molecule has 0 aliphatic heterocycles. The first kappa shape index (κ1) is 17.0. The second kappa shape index (κ2) is 6.04. The maximum atomic E-state index is 13.4. The molecule has 3 aromatic rings. The van der Waals surface area contributed by atoms with E-state index < -0.39 is 17.8 Å². The zero-order chi connectivity index (χ0) is 18.5. The second-order valence-electron chi connectivity index (χ2n) is 5.95. The fourth-order valence-electron chi connectivity index (χ4n) is 2.57. The maximum Gasteiger partial charge on any atom is 0.433 e. The number of carbonyl (C=O) groups excluding carboxylic acids is 1. The van der Waals surface area contributed by atoms with Gasteiger partial charge in [0.15, 0.2) is 5.65 Å². The lowest BCUT2D eigenvalue weighted by molar-refractivity contribution is -0.142. The molecule has 0 radical (unpaired) electrons. The molecule has 26 heavy (non-hydrogen) atoms. The van der Waals surface area contributed by atoms with Gasteiger partial charge in [0.1, 0.15) is 17.1 Å². The zero-order valence-electron chi connectivity index (χ0n) is 13.1. The predicted molar refractivity (Wildman–Crippen MR) is 89.9 cm³/mol. The van der Waals surface area contributed by atoms with E-state index in [-0.39, 0.29) is 22.9 Å². The van der Waals surface area contributed by atoms with Gasteiger partial charge in [-0.2, -0.15) is 18.3 Å². The van der Waals surface area contributed by atoms with Gasteiger partial charge in [0.25, 0.3) is 5.91 Å². The summed E-state index contributed by atoms with van der Waals surface area (Å²) in [5.74, 6) is -0.351. The van der Waals surface area contributed by atoms with Crippen LogP contribution in [0, 0.1) is 0 Å². The normalized spacial score (nSPS) is 14.6. The molecule has 0 saturated heterocycles. The molecule has 1 fully saturated rings. The minimum absolute atomic E-state index is 0.0000476. The number of nitrogens with one attached hydrogen (secondary N) is 1. The highest BCUT2D eigenvalue weighted by atomic mass is 79.9. The van der Waals surface area contributed by atoms with Gasteiger partial charge < -0.3 is 5.32 Å². The first-order valence-corrected chi connectivity index (χ1v) is 8.51. The molecule has 1 aliphatic rings. The van der Waals surface area contributed by atoms with E-state index in [9.17, 15) is 18.0 Å². The van der Waals surface area contributed by atoms with Crippen LogP contribution in [-0.4, -0.2) is 25.5 Å². The summed E-state index contributed by atoms with van der Waals surface area (Å²) < 4.78 is 41.5. The Morgan fingerprint density at radius 1 is 1.27 bits per heavy atom. The van der Waals surface area contributed by atoms with Crippen molar-refractivity contribution in [2.24, 2.45) is 0 Å². The molecule has 6 nitrogen and oxygen atoms in total. The molecule has 3 heterocycles. The maximum absolute atomic E-state index is 13.4. The van der Waals surface area contributed by atoms with Gasteiger partial charge >= 0.3 is 6.18 Å². The molecule has 0 unspecified atom stereocenters. The van der Waals surface area contributed by atoms with Crippen molar-refractivity contribution in [3.63, 3.8) is 0 Å². The van der Waals surface area contributed by atoms with Gasteiger partial charge in [-0.15, -0.1) is 0 Å². The average Bonchev–Trinajstić information content (AvgIpc) is 3.34. The van der Waals surface area contributed by atoms with E-state index in [1.165, 1.54) is 6.20 Å². The third kappa shape index (κ3) is 3.16. The number of fused-ring (bicyclic) bond motifs is 1. The van der Waals surface area contributed by atoms with Crippen LogP contribution in [0.25, 0.3) is 5.65 Å². The standard InChI is InChI=1S/C16H11BrF3N5O/c17-9-3-4-13(21-6-9)24-15(26)10-7-22-25-12(16(18,19)20)5-11(8-1-2-8)23-14(10)25/h3-8H,1-2H2,(H,21,24,26). The number of nitrogens with zero attached hydrogens (tertiary/aromatic N) is 4. The summed E-state index contributed by atoms with van der Waals surface area (Å²) in [5, 5.41) is 6.27. The zero-order valence-corrected chi connectivity index (χ0v) is 14.7. The van der Waals surface area contributed by atoms with Gasteiger partial charge in [-0.3, -0.25) is 4.79 Å². The van der Waals surface area contributed by atoms with E-state index in [0.717, 1.165) is 29.6 Å². The first-order valence-electron chi connectivity index (χ1n) is 7.72. The van der Waals surface area contributed by atoms with E-state index in [2.05, 4.69) is 36.3 Å². The van der Waals surface area contributed by atoms with Crippen molar-refractivity contribution >= 4 is 33.3 Å². The van der Waals surface area contributed by atoms with Crippen LogP contribution >= 0.6 is 15.9 Å². The highest BCUT2D eigenvalue weighted by molar-refractivity contribution is 9.10. The highest BCUT2D eigenvalue weighted by Crippen LogP contribution is 2.41. The molecule has 4 rings (SSSR count). The molecular formula is C16H11BrF3N5O. The van der Waals surface area contributed by atoms with Crippen LogP contribution in [0.4, 0.5) is 19.0 Å². The van der Waals surface area contributed by atoms with E-state index in [0.29, 0.717) is 10.2 Å². The van der Waals surface area contributed by atoms with E-state index in [1.807, 2.05) is 0 Å². The quantitative estimate of drug-likeness (QED) is 0.687. The van der Waals surface area contributed by atoms with Gasteiger partial charge in [-0.25, -0.2) is 14.5 Å². The number of halogens is 4. The van der Waals surface area contributed by atoms with E-state index in [1.54, 1.807) is 12.1 Å². The summed E-state index contributed by atoms with van der Waals surface area (Å²) in [5.41, 5.74) is -0.759. The first-order chi connectivity index (χ1) is 12.3. The third-order valence-corrected chi connectivity index (χ3v) is 4.46. The van der Waals surface area contributed by atoms with Gasteiger partial charge in [0, 0.05) is 22.3 Å². The van der Waals surface area contributed by atoms with Gasteiger partial charge in [-0.1, -0.05) is 0 Å². The Labute approximate surface area is 153 Å². The number of anilines is 1. The molecule has 0 bridgehead atoms. The molecule has 1 saturated carbocycles. The third-order valence-electron chi connectivity index (χ3n) is 3.99. The minimum atomic E-state index is -4.60. The molecule has 1 N–H and O–H groups in total. The van der Waals surface area contributed by atoms with Crippen LogP contribution in [0.1, 0.15) is 40.5 Å². The molecule has 134 valence electrons. The van der Waals surface area contributed by atoms with E-state index >= 15 is 0 Å². The lowest BCUT2D eigenvalue weighted by atomic mass is 10.2. The van der Waals surface area contributed by atoms with Crippen LogP contribution in [0.2, 0.25) is 0 Å². The minimum Gasteiger partial charge on any atom is -0.306 e. The average molecular weight is 426 g/mol. The SMILES string of the molecule is O=C(Nc1ccc(Br)cn1)c1cnn2c(C(F)(F)F)cc(C3CC3)nc12. The van der Waals surface area contributed by atoms with Crippen molar-refractivity contribution in [3.05, 3.63) is 52.0 Å². The Hall–Kier alpha value is -2.49. The fraction of sp³-hybridized carbons (Fsp3) is 0.250. The molecular weight excluding hydrogens is 415 g/mol. The molecule has 0 aromatic carbocycles. The van der Waals surface area contributed by atoms with Gasteiger partial charge in [-0.05, 0) is 47.0 Å². The van der Waals surface area contributed by atoms with Gasteiger partial charge in [0.2, 0.25) is 0 Å². The molecule has 1 aliphatic carbocycles. The Kier molecular flexibility index (Phi) is 3.94.